The average molecular weight is 206 g/mol. The minimum atomic E-state index is -2.48. The Morgan fingerprint density at radius 3 is 2.79 bits per heavy atom. The van der Waals surface area contributed by atoms with Crippen LogP contribution in [0.4, 0.5) is 8.78 Å². The van der Waals surface area contributed by atoms with E-state index in [1.165, 1.54) is 0 Å². The first-order valence-corrected chi connectivity index (χ1v) is 4.91. The van der Waals surface area contributed by atoms with Gasteiger partial charge in [-0.15, -0.1) is 0 Å². The van der Waals surface area contributed by atoms with Crippen molar-refractivity contribution in [3.8, 4) is 0 Å². The third kappa shape index (κ3) is 3.57. The van der Waals surface area contributed by atoms with Crippen LogP contribution in [0, 0.1) is 5.92 Å². The molecule has 3 N–H and O–H groups in total. The maximum atomic E-state index is 11.8. The standard InChI is InChI=1S/C9H16F2N2O/c10-8(11)5-13-9(14)6-2-1-3-7(12)4-6/h6-8H,1-5,12H2,(H,13,14). The summed E-state index contributed by atoms with van der Waals surface area (Å²) < 4.78 is 23.6. The van der Waals surface area contributed by atoms with E-state index in [2.05, 4.69) is 5.32 Å². The van der Waals surface area contributed by atoms with E-state index in [4.69, 9.17) is 5.73 Å². The van der Waals surface area contributed by atoms with Gasteiger partial charge < -0.3 is 11.1 Å². The van der Waals surface area contributed by atoms with E-state index in [0.29, 0.717) is 6.42 Å². The first kappa shape index (κ1) is 11.4. The van der Waals surface area contributed by atoms with Crippen LogP contribution in [0.15, 0.2) is 0 Å². The van der Waals surface area contributed by atoms with Gasteiger partial charge in [-0.25, -0.2) is 8.78 Å². The van der Waals surface area contributed by atoms with E-state index < -0.39 is 13.0 Å². The van der Waals surface area contributed by atoms with Crippen LogP contribution in [0.25, 0.3) is 0 Å². The van der Waals surface area contributed by atoms with Crippen LogP contribution in [0.2, 0.25) is 0 Å². The molecule has 0 spiro atoms. The highest BCUT2D eigenvalue weighted by atomic mass is 19.3. The van der Waals surface area contributed by atoms with Crippen molar-refractivity contribution in [2.75, 3.05) is 6.54 Å². The molecule has 0 aromatic rings. The molecule has 0 aliphatic heterocycles. The molecule has 0 aromatic carbocycles. The summed E-state index contributed by atoms with van der Waals surface area (Å²) in [5, 5.41) is 2.23. The minimum absolute atomic E-state index is 0.0473. The molecule has 1 saturated carbocycles. The molecule has 82 valence electrons. The predicted molar refractivity (Wildman–Crippen MR) is 48.9 cm³/mol. The molecule has 0 radical (unpaired) electrons. The molecule has 1 rings (SSSR count). The lowest BCUT2D eigenvalue weighted by molar-refractivity contribution is -0.126. The Balaban J connectivity index is 2.29. The number of hydrogen-bond donors (Lipinski definition) is 2. The Kier molecular flexibility index (Phi) is 4.25. The largest absolute Gasteiger partial charge is 0.350 e. The number of carbonyl (C=O) groups excluding carboxylic acids is 1. The smallest absolute Gasteiger partial charge is 0.255 e. The molecule has 2 unspecified atom stereocenters. The van der Waals surface area contributed by atoms with Gasteiger partial charge in [0.1, 0.15) is 0 Å². The van der Waals surface area contributed by atoms with E-state index in [0.717, 1.165) is 19.3 Å². The molecule has 1 aliphatic carbocycles. The van der Waals surface area contributed by atoms with Crippen molar-refractivity contribution in [3.05, 3.63) is 0 Å². The molecule has 14 heavy (non-hydrogen) atoms. The van der Waals surface area contributed by atoms with Gasteiger partial charge in [0.25, 0.3) is 6.43 Å². The number of alkyl halides is 2. The second-order valence-electron chi connectivity index (χ2n) is 3.76. The van der Waals surface area contributed by atoms with Crippen molar-refractivity contribution in [1.82, 2.24) is 5.32 Å². The van der Waals surface area contributed by atoms with Gasteiger partial charge in [-0.2, -0.15) is 0 Å². The molecule has 1 amide bonds. The van der Waals surface area contributed by atoms with Gasteiger partial charge >= 0.3 is 0 Å². The Labute approximate surface area is 82.0 Å². The summed E-state index contributed by atoms with van der Waals surface area (Å²) in [5.74, 6) is -0.446. The summed E-state index contributed by atoms with van der Waals surface area (Å²) in [7, 11) is 0. The minimum Gasteiger partial charge on any atom is -0.350 e. The summed E-state index contributed by atoms with van der Waals surface area (Å²) in [6.45, 7) is -0.551. The third-order valence-corrected chi connectivity index (χ3v) is 2.52. The quantitative estimate of drug-likeness (QED) is 0.720. The van der Waals surface area contributed by atoms with Crippen LogP contribution in [-0.2, 0) is 4.79 Å². The van der Waals surface area contributed by atoms with Crippen molar-refractivity contribution < 1.29 is 13.6 Å². The summed E-state index contributed by atoms with van der Waals surface area (Å²) in [6.07, 6.45) is 0.751. The first-order chi connectivity index (χ1) is 6.59. The van der Waals surface area contributed by atoms with Gasteiger partial charge in [0, 0.05) is 12.0 Å². The van der Waals surface area contributed by atoms with Crippen LogP contribution in [-0.4, -0.2) is 24.9 Å². The summed E-state index contributed by atoms with van der Waals surface area (Å²) in [5.41, 5.74) is 5.69. The first-order valence-electron chi connectivity index (χ1n) is 4.91. The van der Waals surface area contributed by atoms with Crippen LogP contribution >= 0.6 is 0 Å². The van der Waals surface area contributed by atoms with Crippen molar-refractivity contribution in [1.29, 1.82) is 0 Å². The highest BCUT2D eigenvalue weighted by molar-refractivity contribution is 5.78. The number of halogens is 2. The van der Waals surface area contributed by atoms with Gasteiger partial charge in [0.05, 0.1) is 6.54 Å². The molecular weight excluding hydrogens is 190 g/mol. The number of nitrogens with one attached hydrogen (secondary N) is 1. The van der Waals surface area contributed by atoms with Crippen molar-refractivity contribution >= 4 is 5.91 Å². The highest BCUT2D eigenvalue weighted by Crippen LogP contribution is 2.22. The van der Waals surface area contributed by atoms with Gasteiger partial charge in [-0.05, 0) is 19.3 Å². The van der Waals surface area contributed by atoms with Gasteiger partial charge in [-0.1, -0.05) is 6.42 Å². The number of hydrogen-bond acceptors (Lipinski definition) is 2. The predicted octanol–water partition coefficient (Wildman–Crippen LogP) is 0.885. The normalized spacial score (nSPS) is 27.7. The van der Waals surface area contributed by atoms with E-state index >= 15 is 0 Å². The Hall–Kier alpha value is -0.710. The number of carbonyl (C=O) groups is 1. The second-order valence-corrected chi connectivity index (χ2v) is 3.76. The maximum absolute atomic E-state index is 11.8. The van der Waals surface area contributed by atoms with Crippen molar-refractivity contribution in [3.63, 3.8) is 0 Å². The van der Waals surface area contributed by atoms with Crippen LogP contribution < -0.4 is 11.1 Å². The fourth-order valence-electron chi connectivity index (χ4n) is 1.79. The zero-order valence-corrected chi connectivity index (χ0v) is 8.01. The Morgan fingerprint density at radius 2 is 2.21 bits per heavy atom. The number of nitrogens with two attached hydrogens (primary N) is 1. The molecule has 1 fully saturated rings. The van der Waals surface area contributed by atoms with E-state index in [1.54, 1.807) is 0 Å². The molecule has 5 heteroatoms. The van der Waals surface area contributed by atoms with Gasteiger partial charge in [0.15, 0.2) is 0 Å². The topological polar surface area (TPSA) is 55.1 Å². The number of rotatable bonds is 3. The van der Waals surface area contributed by atoms with Crippen LogP contribution in [0.5, 0.6) is 0 Å². The lowest BCUT2D eigenvalue weighted by Crippen LogP contribution is -2.39. The molecule has 0 saturated heterocycles. The van der Waals surface area contributed by atoms with Crippen molar-refractivity contribution in [2.45, 2.75) is 38.2 Å². The van der Waals surface area contributed by atoms with E-state index in [9.17, 15) is 13.6 Å². The molecule has 0 bridgehead atoms. The molecular formula is C9H16F2N2O. The molecule has 3 nitrogen and oxygen atoms in total. The third-order valence-electron chi connectivity index (χ3n) is 2.52. The molecule has 1 aliphatic rings. The van der Waals surface area contributed by atoms with Gasteiger partial charge in [0.2, 0.25) is 5.91 Å². The fraction of sp³-hybridized carbons (Fsp3) is 0.889. The number of amides is 1. The SMILES string of the molecule is NC1CCCC(C(=O)NCC(F)F)C1. The Morgan fingerprint density at radius 1 is 1.50 bits per heavy atom. The van der Waals surface area contributed by atoms with Crippen molar-refractivity contribution in [2.24, 2.45) is 11.7 Å². The van der Waals surface area contributed by atoms with Gasteiger partial charge in [-0.3, -0.25) is 4.79 Å². The molecule has 0 heterocycles. The summed E-state index contributed by atoms with van der Waals surface area (Å²) in [4.78, 5) is 11.3. The zero-order valence-electron chi connectivity index (χ0n) is 8.01. The summed E-state index contributed by atoms with van der Waals surface area (Å²) in [6, 6.07) is 0.0473. The lowest BCUT2D eigenvalue weighted by atomic mass is 9.85. The fourth-order valence-corrected chi connectivity index (χ4v) is 1.79. The lowest BCUT2D eigenvalue weighted by Gasteiger charge is -2.25. The van der Waals surface area contributed by atoms with E-state index in [-0.39, 0.29) is 17.9 Å². The monoisotopic (exact) mass is 206 g/mol. The Bertz CT molecular complexity index is 199. The maximum Gasteiger partial charge on any atom is 0.255 e. The second kappa shape index (κ2) is 5.24. The molecule has 0 aromatic heterocycles. The van der Waals surface area contributed by atoms with E-state index in [1.807, 2.05) is 0 Å². The average Bonchev–Trinajstić information content (AvgIpc) is 2.14. The van der Waals surface area contributed by atoms with Crippen LogP contribution in [0.1, 0.15) is 25.7 Å². The van der Waals surface area contributed by atoms with Crippen LogP contribution in [0.3, 0.4) is 0 Å². The zero-order chi connectivity index (χ0) is 10.6. The molecule has 2 atom stereocenters. The summed E-state index contributed by atoms with van der Waals surface area (Å²) >= 11 is 0. The highest BCUT2D eigenvalue weighted by Gasteiger charge is 2.25.